The molecular weight excluding hydrogens is 422 g/mol. The molecule has 0 heterocycles. The van der Waals surface area contributed by atoms with Gasteiger partial charge in [0.05, 0.1) is 13.1 Å². The predicted molar refractivity (Wildman–Crippen MR) is 122 cm³/mol. The minimum absolute atomic E-state index is 0.447. The van der Waals surface area contributed by atoms with Gasteiger partial charge < -0.3 is 30.2 Å². The lowest BCUT2D eigenvalue weighted by atomic mass is 10.0. The van der Waals surface area contributed by atoms with Gasteiger partial charge in [0.1, 0.15) is 24.1 Å². The number of carbonyl (C=O) groups excluding carboxylic acids is 1. The first-order valence-electron chi connectivity index (χ1n) is 10.3. The Kier molecular flexibility index (Phi) is 10.3. The number of hydrogen-bond donors (Lipinski definition) is 3. The van der Waals surface area contributed by atoms with Crippen LogP contribution in [0.4, 0.5) is 5.69 Å². The second-order valence-corrected chi connectivity index (χ2v) is 7.12. The Labute approximate surface area is 192 Å². The number of rotatable bonds is 9. The van der Waals surface area contributed by atoms with E-state index in [2.05, 4.69) is 53.8 Å². The molecule has 4 N–H and O–H groups in total. The molecule has 0 aromatic heterocycles. The van der Waals surface area contributed by atoms with Crippen LogP contribution in [0.15, 0.2) is 91.0 Å². The highest BCUT2D eigenvalue weighted by atomic mass is 16.5. The third-order valence-electron chi connectivity index (χ3n) is 4.67. The number of benzene rings is 3. The summed E-state index contributed by atoms with van der Waals surface area (Å²) in [6.45, 7) is 0.588. The number of aliphatic carboxylic acids is 2. The summed E-state index contributed by atoms with van der Waals surface area (Å²) in [5, 5.41) is 29.6. The number of carboxylic acids is 2. The van der Waals surface area contributed by atoms with Gasteiger partial charge in [0.2, 0.25) is 0 Å². The van der Waals surface area contributed by atoms with Crippen molar-refractivity contribution in [2.45, 2.75) is 12.5 Å². The van der Waals surface area contributed by atoms with Crippen LogP contribution in [0.3, 0.4) is 0 Å². The number of ether oxygens (including phenoxy) is 1. The number of hydrogen-bond acceptors (Lipinski definition) is 5. The first kappa shape index (κ1) is 25.3. The summed E-state index contributed by atoms with van der Waals surface area (Å²) in [7, 11) is 1.64. The fourth-order valence-electron chi connectivity index (χ4n) is 2.95. The van der Waals surface area contributed by atoms with Crippen molar-refractivity contribution in [3.8, 4) is 5.75 Å². The van der Waals surface area contributed by atoms with Crippen molar-refractivity contribution < 1.29 is 35.0 Å². The van der Waals surface area contributed by atoms with E-state index >= 15 is 0 Å². The van der Waals surface area contributed by atoms with Crippen LogP contribution in [0.25, 0.3) is 0 Å². The van der Waals surface area contributed by atoms with Crippen LogP contribution in [0.1, 0.15) is 22.8 Å². The molecule has 0 amide bonds. The van der Waals surface area contributed by atoms with E-state index in [0.29, 0.717) is 18.7 Å². The van der Waals surface area contributed by atoms with Gasteiger partial charge in [-0.15, -0.1) is 0 Å². The van der Waals surface area contributed by atoms with Crippen molar-refractivity contribution in [1.82, 2.24) is 0 Å². The summed E-state index contributed by atoms with van der Waals surface area (Å²) in [4.78, 5) is 19.0. The molecule has 0 aliphatic carbocycles. The van der Waals surface area contributed by atoms with Crippen LogP contribution >= 0.6 is 0 Å². The van der Waals surface area contributed by atoms with Crippen molar-refractivity contribution in [3.05, 3.63) is 108 Å². The molecular formula is C26H27NO6. The first-order valence-corrected chi connectivity index (χ1v) is 10.3. The third kappa shape index (κ3) is 9.82. The Hall–Kier alpha value is -3.94. The molecule has 0 saturated heterocycles. The molecule has 3 aromatic rings. The summed E-state index contributed by atoms with van der Waals surface area (Å²) in [5.41, 5.74) is 4.63. The fraction of sp³-hybridized carbons (Fsp3) is 0.154. The number of methoxy groups -OCH3 is 1. The molecule has 0 spiro atoms. The third-order valence-corrected chi connectivity index (χ3v) is 4.67. The zero-order valence-corrected chi connectivity index (χ0v) is 18.3. The van der Waals surface area contributed by atoms with Gasteiger partial charge in [-0.2, -0.15) is 0 Å². The normalized spacial score (nSPS) is 11.3. The summed E-state index contributed by atoms with van der Waals surface area (Å²) in [5.74, 6) is -2.00. The maximum absolute atomic E-state index is 10.3. The standard InChI is InChI=1S/C22H23NO2.C4H4O4/c1-25-21-13-9-19(10-14-21)22(24)16-23-20-11-7-18(8-12-20)15-17-5-3-2-4-6-17;5-3(6)1-2-4(7)8/h2-14,22-24H,15-16H2,1H3;1-2H,(H,5,6)(H,7,8)/b;2-1+. The number of nitrogens with two attached hydrogens (primary N) is 1. The van der Waals surface area contributed by atoms with Gasteiger partial charge in [-0.1, -0.05) is 54.6 Å². The molecule has 1 atom stereocenters. The molecule has 0 radical (unpaired) electrons. The average molecular weight is 450 g/mol. The Bertz CT molecular complexity index is 1010. The smallest absolute Gasteiger partial charge is 0.328 e. The van der Waals surface area contributed by atoms with Crippen molar-refractivity contribution in [2.24, 2.45) is 0 Å². The Morgan fingerprint density at radius 2 is 1.55 bits per heavy atom. The zero-order chi connectivity index (χ0) is 24.1. The maximum Gasteiger partial charge on any atom is 0.328 e. The molecule has 0 fully saturated rings. The summed E-state index contributed by atoms with van der Waals surface area (Å²) in [6, 6.07) is 26.5. The Morgan fingerprint density at radius 3 is 2.06 bits per heavy atom. The van der Waals surface area contributed by atoms with Crippen molar-refractivity contribution >= 4 is 17.6 Å². The van der Waals surface area contributed by atoms with Crippen molar-refractivity contribution in [3.63, 3.8) is 0 Å². The molecule has 0 aliphatic rings. The van der Waals surface area contributed by atoms with E-state index in [1.807, 2.05) is 30.3 Å². The van der Waals surface area contributed by atoms with Crippen molar-refractivity contribution in [1.29, 1.82) is 0 Å². The van der Waals surface area contributed by atoms with E-state index in [9.17, 15) is 19.8 Å². The molecule has 3 rings (SSSR count). The molecule has 33 heavy (non-hydrogen) atoms. The highest BCUT2D eigenvalue weighted by Gasteiger charge is 2.10. The lowest BCUT2D eigenvalue weighted by molar-refractivity contribution is -0.580. The number of carbonyl (C=O) groups is 2. The van der Waals surface area contributed by atoms with Gasteiger partial charge in [0.15, 0.2) is 0 Å². The topological polar surface area (TPSA) is 124 Å². The molecule has 7 heteroatoms. The van der Waals surface area contributed by atoms with Gasteiger partial charge >= 0.3 is 5.97 Å². The molecule has 7 nitrogen and oxygen atoms in total. The Balaban J connectivity index is 0.000000414. The van der Waals surface area contributed by atoms with Crippen LogP contribution in [-0.2, 0) is 16.0 Å². The predicted octanol–water partition coefficient (Wildman–Crippen LogP) is 1.59. The SMILES string of the molecule is COc1ccc(C(O)C[NH2+]c2ccc(Cc3ccccc3)cc2)cc1.O=C([O-])/C=C/C(=O)O. The maximum atomic E-state index is 10.3. The summed E-state index contributed by atoms with van der Waals surface area (Å²) in [6.07, 6.45) is 1.38. The van der Waals surface area contributed by atoms with Crippen molar-refractivity contribution in [2.75, 3.05) is 13.7 Å². The molecule has 0 aliphatic heterocycles. The van der Waals surface area contributed by atoms with Gasteiger partial charge in [-0.25, -0.2) is 4.79 Å². The van der Waals surface area contributed by atoms with E-state index in [1.54, 1.807) is 7.11 Å². The van der Waals surface area contributed by atoms with E-state index < -0.39 is 18.0 Å². The number of quaternary nitrogens is 1. The average Bonchev–Trinajstić information content (AvgIpc) is 2.83. The van der Waals surface area contributed by atoms with E-state index in [-0.39, 0.29) is 0 Å². The van der Waals surface area contributed by atoms with Gasteiger partial charge in [-0.05, 0) is 53.5 Å². The first-order chi connectivity index (χ1) is 15.9. The molecule has 1 unspecified atom stereocenters. The van der Waals surface area contributed by atoms with E-state index in [4.69, 9.17) is 9.84 Å². The summed E-state index contributed by atoms with van der Waals surface area (Å²) >= 11 is 0. The van der Waals surface area contributed by atoms with Gasteiger partial charge in [-0.3, -0.25) is 0 Å². The Morgan fingerprint density at radius 1 is 0.939 bits per heavy atom. The second-order valence-electron chi connectivity index (χ2n) is 7.12. The van der Waals surface area contributed by atoms with E-state index in [0.717, 1.165) is 23.4 Å². The van der Waals surface area contributed by atoms with Crippen LogP contribution in [0, 0.1) is 0 Å². The number of aliphatic hydroxyl groups excluding tert-OH is 1. The van der Waals surface area contributed by atoms with Gasteiger partial charge in [0, 0.05) is 6.08 Å². The quantitative estimate of drug-likeness (QED) is 0.337. The molecule has 0 saturated carbocycles. The second kappa shape index (κ2) is 13.5. The lowest BCUT2D eigenvalue weighted by Gasteiger charge is -2.10. The van der Waals surface area contributed by atoms with Gasteiger partial charge in [0.25, 0.3) is 0 Å². The van der Waals surface area contributed by atoms with Crippen LogP contribution in [0.5, 0.6) is 5.75 Å². The minimum atomic E-state index is -1.51. The van der Waals surface area contributed by atoms with Crippen LogP contribution in [0.2, 0.25) is 0 Å². The largest absolute Gasteiger partial charge is 0.545 e. The monoisotopic (exact) mass is 449 g/mol. The summed E-state index contributed by atoms with van der Waals surface area (Å²) < 4.78 is 5.14. The molecule has 3 aromatic carbocycles. The van der Waals surface area contributed by atoms with Crippen LogP contribution < -0.4 is 15.2 Å². The zero-order valence-electron chi connectivity index (χ0n) is 18.3. The number of aliphatic hydroxyl groups is 1. The molecule has 172 valence electrons. The van der Waals surface area contributed by atoms with Crippen LogP contribution in [-0.4, -0.2) is 35.8 Å². The highest BCUT2D eigenvalue weighted by Crippen LogP contribution is 2.17. The fourth-order valence-corrected chi connectivity index (χ4v) is 2.95. The molecule has 0 bridgehead atoms. The minimum Gasteiger partial charge on any atom is -0.545 e. The highest BCUT2D eigenvalue weighted by molar-refractivity contribution is 5.88. The number of carboxylic acid groups (broad SMARTS) is 2. The lowest BCUT2D eigenvalue weighted by Crippen LogP contribution is -2.79. The van der Waals surface area contributed by atoms with E-state index in [1.165, 1.54) is 11.1 Å².